The van der Waals surface area contributed by atoms with E-state index in [0.29, 0.717) is 35.7 Å². The van der Waals surface area contributed by atoms with Crippen molar-refractivity contribution in [2.45, 2.75) is 24.7 Å². The van der Waals surface area contributed by atoms with Crippen LogP contribution < -0.4 is 5.32 Å². The zero-order valence-corrected chi connectivity index (χ0v) is 12.9. The topological polar surface area (TPSA) is 49.4 Å². The van der Waals surface area contributed by atoms with Gasteiger partial charge in [0.15, 0.2) is 0 Å². The van der Waals surface area contributed by atoms with Gasteiger partial charge in [-0.2, -0.15) is 4.31 Å². The molecule has 0 bridgehead atoms. The van der Waals surface area contributed by atoms with Crippen molar-refractivity contribution >= 4 is 10.0 Å². The number of fused-ring (bicyclic) bond motifs is 1. The highest BCUT2D eigenvalue weighted by Crippen LogP contribution is 2.31. The van der Waals surface area contributed by atoms with Gasteiger partial charge in [-0.15, -0.1) is 0 Å². The summed E-state index contributed by atoms with van der Waals surface area (Å²) in [5, 5.41) is 3.34. The van der Waals surface area contributed by atoms with Crippen molar-refractivity contribution in [3.05, 3.63) is 29.8 Å². The number of hydrogen-bond acceptors (Lipinski definition) is 3. The zero-order chi connectivity index (χ0) is 14.3. The first kappa shape index (κ1) is 14.0. The summed E-state index contributed by atoms with van der Waals surface area (Å²) in [6.07, 6.45) is 0. The van der Waals surface area contributed by atoms with Gasteiger partial charge in [0, 0.05) is 13.1 Å². The van der Waals surface area contributed by atoms with Gasteiger partial charge in [0.05, 0.1) is 4.90 Å². The molecule has 1 N–H and O–H groups in total. The maximum Gasteiger partial charge on any atom is 0.243 e. The molecule has 2 atom stereocenters. The Hall–Kier alpha value is -0.910. The number of hydrogen-bond donors (Lipinski definition) is 1. The molecule has 2 saturated heterocycles. The lowest BCUT2D eigenvalue weighted by atomic mass is 10.0. The van der Waals surface area contributed by atoms with Crippen LogP contribution in [0.2, 0.25) is 0 Å². The van der Waals surface area contributed by atoms with Gasteiger partial charge in [-0.3, -0.25) is 0 Å². The van der Waals surface area contributed by atoms with E-state index in [1.807, 2.05) is 18.2 Å². The number of nitrogens with zero attached hydrogens (tertiary/aromatic N) is 1. The lowest BCUT2D eigenvalue weighted by Crippen LogP contribution is -2.32. The Bertz CT molecular complexity index is 586. The van der Waals surface area contributed by atoms with Crippen molar-refractivity contribution in [2.24, 2.45) is 11.8 Å². The van der Waals surface area contributed by atoms with Crippen LogP contribution in [0.5, 0.6) is 0 Å². The SMILES string of the molecule is CC(C)c1cccc(S(=O)(=O)N2C[C@H]3CNC[C@H]3C2)c1. The van der Waals surface area contributed by atoms with Crippen LogP contribution in [0.1, 0.15) is 25.3 Å². The van der Waals surface area contributed by atoms with Crippen molar-refractivity contribution in [2.75, 3.05) is 26.2 Å². The van der Waals surface area contributed by atoms with E-state index < -0.39 is 10.0 Å². The van der Waals surface area contributed by atoms with E-state index in [-0.39, 0.29) is 0 Å². The maximum absolute atomic E-state index is 12.7. The van der Waals surface area contributed by atoms with Crippen LogP contribution in [-0.2, 0) is 10.0 Å². The maximum atomic E-state index is 12.7. The molecule has 2 fully saturated rings. The quantitative estimate of drug-likeness (QED) is 0.922. The highest BCUT2D eigenvalue weighted by Gasteiger charge is 2.41. The number of rotatable bonds is 3. The highest BCUT2D eigenvalue weighted by atomic mass is 32.2. The predicted octanol–water partition coefficient (Wildman–Crippen LogP) is 1.65. The van der Waals surface area contributed by atoms with Gasteiger partial charge >= 0.3 is 0 Å². The van der Waals surface area contributed by atoms with Crippen LogP contribution in [0.4, 0.5) is 0 Å². The highest BCUT2D eigenvalue weighted by molar-refractivity contribution is 7.89. The van der Waals surface area contributed by atoms with E-state index in [4.69, 9.17) is 0 Å². The van der Waals surface area contributed by atoms with Crippen LogP contribution in [0.15, 0.2) is 29.2 Å². The molecule has 0 aliphatic carbocycles. The minimum atomic E-state index is -3.33. The third-order valence-electron chi connectivity index (χ3n) is 4.52. The summed E-state index contributed by atoms with van der Waals surface area (Å²) in [5.41, 5.74) is 1.08. The van der Waals surface area contributed by atoms with E-state index >= 15 is 0 Å². The summed E-state index contributed by atoms with van der Waals surface area (Å²) in [6, 6.07) is 7.38. The molecule has 5 heteroatoms. The minimum Gasteiger partial charge on any atom is -0.316 e. The van der Waals surface area contributed by atoms with Crippen molar-refractivity contribution in [1.29, 1.82) is 0 Å². The predicted molar refractivity (Wildman–Crippen MR) is 79.1 cm³/mol. The fraction of sp³-hybridized carbons (Fsp3) is 0.600. The van der Waals surface area contributed by atoms with Crippen LogP contribution in [0.3, 0.4) is 0 Å². The largest absolute Gasteiger partial charge is 0.316 e. The molecule has 0 amide bonds. The van der Waals surface area contributed by atoms with Crippen molar-refractivity contribution in [3.8, 4) is 0 Å². The molecular formula is C15H22N2O2S. The molecule has 4 nitrogen and oxygen atoms in total. The number of benzene rings is 1. The molecule has 0 radical (unpaired) electrons. The molecule has 0 spiro atoms. The zero-order valence-electron chi connectivity index (χ0n) is 12.0. The molecular weight excluding hydrogens is 272 g/mol. The third kappa shape index (κ3) is 2.38. The fourth-order valence-electron chi connectivity index (χ4n) is 3.19. The Morgan fingerprint density at radius 1 is 1.20 bits per heavy atom. The van der Waals surface area contributed by atoms with Gasteiger partial charge in [0.25, 0.3) is 0 Å². The van der Waals surface area contributed by atoms with E-state index in [1.165, 1.54) is 0 Å². The second-order valence-corrected chi connectivity index (χ2v) is 8.17. The van der Waals surface area contributed by atoms with Crippen LogP contribution >= 0.6 is 0 Å². The first-order valence-electron chi connectivity index (χ1n) is 7.29. The third-order valence-corrected chi connectivity index (χ3v) is 6.35. The average molecular weight is 294 g/mol. The van der Waals surface area contributed by atoms with Gasteiger partial charge in [-0.1, -0.05) is 26.0 Å². The Balaban J connectivity index is 1.87. The van der Waals surface area contributed by atoms with Crippen molar-refractivity contribution in [1.82, 2.24) is 9.62 Å². The first-order valence-corrected chi connectivity index (χ1v) is 8.73. The summed E-state index contributed by atoms with van der Waals surface area (Å²) in [5.74, 6) is 1.31. The Kier molecular flexibility index (Phi) is 3.60. The molecule has 0 unspecified atom stereocenters. The van der Waals surface area contributed by atoms with Crippen LogP contribution in [0, 0.1) is 11.8 Å². The van der Waals surface area contributed by atoms with E-state index in [0.717, 1.165) is 18.7 Å². The Morgan fingerprint density at radius 3 is 2.45 bits per heavy atom. The number of nitrogens with one attached hydrogen (secondary N) is 1. The molecule has 2 aliphatic heterocycles. The smallest absolute Gasteiger partial charge is 0.243 e. The van der Waals surface area contributed by atoms with Gasteiger partial charge in [-0.25, -0.2) is 8.42 Å². The molecule has 1 aromatic carbocycles. The molecule has 3 rings (SSSR count). The summed E-state index contributed by atoms with van der Waals surface area (Å²) in [6.45, 7) is 7.37. The van der Waals surface area contributed by atoms with Crippen LogP contribution in [0.25, 0.3) is 0 Å². The summed E-state index contributed by atoms with van der Waals surface area (Å²) in [7, 11) is -3.33. The number of sulfonamides is 1. The van der Waals surface area contributed by atoms with Gasteiger partial charge in [0.1, 0.15) is 0 Å². The lowest BCUT2D eigenvalue weighted by molar-refractivity contribution is 0.448. The van der Waals surface area contributed by atoms with E-state index in [9.17, 15) is 8.42 Å². The molecule has 1 aromatic rings. The molecule has 0 saturated carbocycles. The van der Waals surface area contributed by atoms with E-state index in [1.54, 1.807) is 10.4 Å². The monoisotopic (exact) mass is 294 g/mol. The average Bonchev–Trinajstić information content (AvgIpc) is 2.99. The molecule has 110 valence electrons. The molecule has 2 aliphatic rings. The first-order chi connectivity index (χ1) is 9.48. The molecule has 20 heavy (non-hydrogen) atoms. The Morgan fingerprint density at radius 2 is 1.85 bits per heavy atom. The summed E-state index contributed by atoms with van der Waals surface area (Å²) < 4.78 is 27.2. The molecule has 0 aromatic heterocycles. The second kappa shape index (κ2) is 5.13. The van der Waals surface area contributed by atoms with E-state index in [2.05, 4.69) is 19.2 Å². The summed E-state index contributed by atoms with van der Waals surface area (Å²) >= 11 is 0. The van der Waals surface area contributed by atoms with Gasteiger partial charge in [0.2, 0.25) is 10.0 Å². The minimum absolute atomic E-state index is 0.340. The second-order valence-electron chi connectivity index (χ2n) is 6.23. The van der Waals surface area contributed by atoms with Gasteiger partial charge in [-0.05, 0) is 48.5 Å². The summed E-state index contributed by atoms with van der Waals surface area (Å²) in [4.78, 5) is 0.441. The Labute approximate surface area is 121 Å². The van der Waals surface area contributed by atoms with Crippen molar-refractivity contribution < 1.29 is 8.42 Å². The fourth-order valence-corrected chi connectivity index (χ4v) is 4.80. The van der Waals surface area contributed by atoms with Crippen molar-refractivity contribution in [3.63, 3.8) is 0 Å². The standard InChI is InChI=1S/C15H22N2O2S/c1-11(2)12-4-3-5-15(6-12)20(18,19)17-9-13-7-16-8-14(13)10-17/h3-6,11,13-14,16H,7-10H2,1-2H3/t13-,14+. The van der Waals surface area contributed by atoms with Crippen LogP contribution in [-0.4, -0.2) is 38.9 Å². The molecule has 2 heterocycles. The van der Waals surface area contributed by atoms with Gasteiger partial charge < -0.3 is 5.32 Å². The normalized spacial score (nSPS) is 27.1. The lowest BCUT2D eigenvalue weighted by Gasteiger charge is -2.18.